The van der Waals surface area contributed by atoms with E-state index in [1.165, 1.54) is 55.7 Å². The molecular weight excluding hydrogens is 475 g/mol. The number of benzene rings is 1. The van der Waals surface area contributed by atoms with Crippen molar-refractivity contribution < 1.29 is 9.18 Å². The third-order valence-electron chi connectivity index (χ3n) is 6.62. The standard InChI is InChI=1S/C24H28ClFN6OS/c1-30-6-2-3-16(13-30)14-31-7-9-32(10-8-31)24(33)21-12-18-22(27-15-28-23(18)34-21)29-17-4-5-20(26)19(25)11-17/h4-5,11-12,15-16H,2-3,6-10,13-14H2,1H3,(H,27,28,29). The minimum Gasteiger partial charge on any atom is -0.340 e. The summed E-state index contributed by atoms with van der Waals surface area (Å²) in [4.78, 5) is 30.2. The molecule has 3 aromatic rings. The number of carbonyl (C=O) groups is 1. The molecule has 0 spiro atoms. The van der Waals surface area contributed by atoms with Crippen LogP contribution in [-0.2, 0) is 0 Å². The average molecular weight is 503 g/mol. The van der Waals surface area contributed by atoms with E-state index in [1.807, 2.05) is 11.0 Å². The molecular formula is C24H28ClFN6OS. The number of anilines is 2. The lowest BCUT2D eigenvalue weighted by Crippen LogP contribution is -2.50. The van der Waals surface area contributed by atoms with Gasteiger partial charge in [-0.25, -0.2) is 14.4 Å². The Morgan fingerprint density at radius 3 is 2.79 bits per heavy atom. The van der Waals surface area contributed by atoms with Gasteiger partial charge in [-0.2, -0.15) is 0 Å². The monoisotopic (exact) mass is 502 g/mol. The SMILES string of the molecule is CN1CCCC(CN2CCN(C(=O)c3cc4c(Nc5ccc(F)c(Cl)c5)ncnc4s3)CC2)C1. The van der Waals surface area contributed by atoms with Gasteiger partial charge in [-0.1, -0.05) is 11.6 Å². The quantitative estimate of drug-likeness (QED) is 0.560. The molecule has 2 saturated heterocycles. The van der Waals surface area contributed by atoms with Gasteiger partial charge in [0, 0.05) is 45.0 Å². The maximum absolute atomic E-state index is 13.5. The van der Waals surface area contributed by atoms with E-state index in [-0.39, 0.29) is 10.9 Å². The van der Waals surface area contributed by atoms with E-state index in [0.29, 0.717) is 16.4 Å². The minimum atomic E-state index is -0.477. The molecule has 1 unspecified atom stereocenters. The van der Waals surface area contributed by atoms with E-state index in [2.05, 4.69) is 32.1 Å². The van der Waals surface area contributed by atoms with E-state index >= 15 is 0 Å². The first-order valence-corrected chi connectivity index (χ1v) is 12.8. The first-order valence-electron chi connectivity index (χ1n) is 11.6. The molecule has 0 radical (unpaired) electrons. The summed E-state index contributed by atoms with van der Waals surface area (Å²) in [5.74, 6) is 0.847. The highest BCUT2D eigenvalue weighted by molar-refractivity contribution is 7.20. The summed E-state index contributed by atoms with van der Waals surface area (Å²) in [5, 5.41) is 3.96. The van der Waals surface area contributed by atoms with Gasteiger partial charge in [-0.05, 0) is 56.6 Å². The molecule has 2 aliphatic rings. The normalized spacial score (nSPS) is 20.1. The summed E-state index contributed by atoms with van der Waals surface area (Å²) >= 11 is 7.27. The fourth-order valence-corrected chi connectivity index (χ4v) is 6.00. The number of rotatable bonds is 5. The molecule has 180 valence electrons. The van der Waals surface area contributed by atoms with Crippen molar-refractivity contribution >= 4 is 50.6 Å². The van der Waals surface area contributed by atoms with Gasteiger partial charge in [-0.15, -0.1) is 11.3 Å². The van der Waals surface area contributed by atoms with Crippen LogP contribution >= 0.6 is 22.9 Å². The van der Waals surface area contributed by atoms with E-state index in [1.54, 1.807) is 6.07 Å². The molecule has 2 aromatic heterocycles. The molecule has 0 saturated carbocycles. The van der Waals surface area contributed by atoms with E-state index in [0.717, 1.165) is 48.9 Å². The van der Waals surface area contributed by atoms with Crippen LogP contribution in [0.4, 0.5) is 15.9 Å². The van der Waals surface area contributed by atoms with Crippen LogP contribution in [0.3, 0.4) is 0 Å². The van der Waals surface area contributed by atoms with Gasteiger partial charge in [0.1, 0.15) is 22.8 Å². The Morgan fingerprint density at radius 2 is 2.03 bits per heavy atom. The number of hydrogen-bond donors (Lipinski definition) is 1. The summed E-state index contributed by atoms with van der Waals surface area (Å²) in [6.07, 6.45) is 4.04. The Labute approximate surface area is 207 Å². The van der Waals surface area contributed by atoms with Crippen LogP contribution in [0.5, 0.6) is 0 Å². The number of thiophene rings is 1. The molecule has 1 atom stereocenters. The van der Waals surface area contributed by atoms with E-state index in [4.69, 9.17) is 11.6 Å². The van der Waals surface area contributed by atoms with Crippen LogP contribution in [0.15, 0.2) is 30.6 Å². The molecule has 2 aliphatic heterocycles. The smallest absolute Gasteiger partial charge is 0.264 e. The Bertz CT molecular complexity index is 1180. The second-order valence-electron chi connectivity index (χ2n) is 9.17. The number of carbonyl (C=O) groups excluding carboxylic acids is 1. The zero-order valence-electron chi connectivity index (χ0n) is 19.1. The van der Waals surface area contributed by atoms with E-state index in [9.17, 15) is 9.18 Å². The predicted molar refractivity (Wildman–Crippen MR) is 135 cm³/mol. The Balaban J connectivity index is 1.24. The van der Waals surface area contributed by atoms with Crippen LogP contribution in [0.25, 0.3) is 10.2 Å². The number of hydrogen-bond acceptors (Lipinski definition) is 7. The summed E-state index contributed by atoms with van der Waals surface area (Å²) in [7, 11) is 2.20. The number of piperidine rings is 1. The molecule has 0 aliphatic carbocycles. The van der Waals surface area contributed by atoms with Crippen molar-refractivity contribution in [3.8, 4) is 0 Å². The molecule has 1 amide bonds. The summed E-state index contributed by atoms with van der Waals surface area (Å²) in [6, 6.07) is 6.25. The van der Waals surface area contributed by atoms with Crippen molar-refractivity contribution in [2.24, 2.45) is 5.92 Å². The highest BCUT2D eigenvalue weighted by atomic mass is 35.5. The van der Waals surface area contributed by atoms with Crippen molar-refractivity contribution in [2.75, 3.05) is 58.2 Å². The zero-order valence-corrected chi connectivity index (χ0v) is 20.7. The Hall–Kier alpha value is -2.33. The largest absolute Gasteiger partial charge is 0.340 e. The topological polar surface area (TPSA) is 64.6 Å². The summed E-state index contributed by atoms with van der Waals surface area (Å²) < 4.78 is 13.5. The summed E-state index contributed by atoms with van der Waals surface area (Å²) in [6.45, 7) is 6.79. The predicted octanol–water partition coefficient (Wildman–Crippen LogP) is 4.33. The number of nitrogens with one attached hydrogen (secondary N) is 1. The molecule has 1 N–H and O–H groups in total. The van der Waals surface area contributed by atoms with Gasteiger partial charge in [0.05, 0.1) is 15.3 Å². The van der Waals surface area contributed by atoms with Crippen LogP contribution in [0.1, 0.15) is 22.5 Å². The second-order valence-corrected chi connectivity index (χ2v) is 10.6. The van der Waals surface area contributed by atoms with Crippen LogP contribution in [0.2, 0.25) is 5.02 Å². The van der Waals surface area contributed by atoms with Gasteiger partial charge in [-0.3, -0.25) is 9.69 Å². The third-order valence-corrected chi connectivity index (χ3v) is 7.94. The van der Waals surface area contributed by atoms with Crippen molar-refractivity contribution in [2.45, 2.75) is 12.8 Å². The lowest BCUT2D eigenvalue weighted by Gasteiger charge is -2.38. The molecule has 4 heterocycles. The number of nitrogens with zero attached hydrogens (tertiary/aromatic N) is 5. The Morgan fingerprint density at radius 1 is 1.21 bits per heavy atom. The molecule has 1 aromatic carbocycles. The number of likely N-dealkylation sites (tertiary alicyclic amines) is 1. The third kappa shape index (κ3) is 5.17. The van der Waals surface area contributed by atoms with Gasteiger partial charge < -0.3 is 15.1 Å². The highest BCUT2D eigenvalue weighted by Gasteiger charge is 2.26. The molecule has 2 fully saturated rings. The molecule has 7 nitrogen and oxygen atoms in total. The lowest BCUT2D eigenvalue weighted by atomic mass is 9.97. The first-order chi connectivity index (χ1) is 16.5. The summed E-state index contributed by atoms with van der Waals surface area (Å²) in [5.41, 5.74) is 0.616. The fourth-order valence-electron chi connectivity index (χ4n) is 4.85. The maximum atomic E-state index is 13.5. The number of halogens is 2. The second kappa shape index (κ2) is 10.1. The molecule has 5 rings (SSSR count). The maximum Gasteiger partial charge on any atom is 0.264 e. The molecule has 34 heavy (non-hydrogen) atoms. The van der Waals surface area contributed by atoms with Crippen molar-refractivity contribution in [3.05, 3.63) is 46.3 Å². The van der Waals surface area contributed by atoms with Crippen molar-refractivity contribution in [3.63, 3.8) is 0 Å². The van der Waals surface area contributed by atoms with Gasteiger partial charge in [0.15, 0.2) is 0 Å². The van der Waals surface area contributed by atoms with Gasteiger partial charge in [0.25, 0.3) is 5.91 Å². The number of amides is 1. The average Bonchev–Trinajstić information content (AvgIpc) is 3.27. The molecule has 0 bridgehead atoms. The Kier molecular flexibility index (Phi) is 6.96. The molecule has 10 heteroatoms. The lowest BCUT2D eigenvalue weighted by molar-refractivity contribution is 0.0593. The van der Waals surface area contributed by atoms with Crippen LogP contribution in [-0.4, -0.2) is 83.4 Å². The number of fused-ring (bicyclic) bond motifs is 1. The van der Waals surface area contributed by atoms with Gasteiger partial charge >= 0.3 is 0 Å². The van der Waals surface area contributed by atoms with Crippen LogP contribution in [0, 0.1) is 11.7 Å². The number of aromatic nitrogens is 2. The fraction of sp³-hybridized carbons (Fsp3) is 0.458. The van der Waals surface area contributed by atoms with Crippen LogP contribution < -0.4 is 5.32 Å². The minimum absolute atomic E-state index is 0.0335. The van der Waals surface area contributed by atoms with Crippen molar-refractivity contribution in [1.29, 1.82) is 0 Å². The first kappa shape index (κ1) is 23.4. The van der Waals surface area contributed by atoms with Gasteiger partial charge in [0.2, 0.25) is 0 Å². The van der Waals surface area contributed by atoms with E-state index < -0.39 is 5.82 Å². The highest BCUT2D eigenvalue weighted by Crippen LogP contribution is 2.31. The van der Waals surface area contributed by atoms with Crippen molar-refractivity contribution in [1.82, 2.24) is 24.7 Å². The zero-order chi connectivity index (χ0) is 23.7. The number of piperazine rings is 1.